The van der Waals surface area contributed by atoms with Crippen LogP contribution in [0.5, 0.6) is 0 Å². The Morgan fingerprint density at radius 2 is 1.77 bits per heavy atom. The van der Waals surface area contributed by atoms with Gasteiger partial charge in [-0.05, 0) is 24.3 Å². The molecule has 2 heterocycles. The lowest BCUT2D eigenvalue weighted by Crippen LogP contribution is -2.12. The minimum absolute atomic E-state index is 0.0904. The van der Waals surface area contributed by atoms with Crippen molar-refractivity contribution in [1.29, 1.82) is 0 Å². The zero-order valence-corrected chi connectivity index (χ0v) is 15.6. The van der Waals surface area contributed by atoms with Crippen molar-refractivity contribution in [2.24, 2.45) is 0 Å². The van der Waals surface area contributed by atoms with Crippen LogP contribution in [0.1, 0.15) is 43.9 Å². The molecule has 0 bridgehead atoms. The van der Waals surface area contributed by atoms with E-state index in [4.69, 9.17) is 0 Å². The highest BCUT2D eigenvalue weighted by atomic mass is 32.1. The number of amides is 2. The SMILES string of the molecule is CC(=O)Nc1ccc(NC(=O)CCc2nn3c(C(C)C)nnc3s2)cc1. The molecule has 0 aliphatic rings. The molecule has 0 aliphatic carbocycles. The normalized spacial score (nSPS) is 11.1. The molecule has 2 N–H and O–H groups in total. The van der Waals surface area contributed by atoms with Gasteiger partial charge < -0.3 is 10.6 Å². The second-order valence-electron chi connectivity index (χ2n) is 6.21. The summed E-state index contributed by atoms with van der Waals surface area (Å²) in [5.41, 5.74) is 1.38. The Balaban J connectivity index is 1.56. The number of hydrogen-bond donors (Lipinski definition) is 2. The van der Waals surface area contributed by atoms with E-state index in [1.54, 1.807) is 28.8 Å². The van der Waals surface area contributed by atoms with Crippen LogP contribution in [-0.4, -0.2) is 31.6 Å². The smallest absolute Gasteiger partial charge is 0.234 e. The highest BCUT2D eigenvalue weighted by Gasteiger charge is 2.14. The molecule has 0 saturated heterocycles. The van der Waals surface area contributed by atoms with Crippen LogP contribution in [0, 0.1) is 0 Å². The Hall–Kier alpha value is -2.81. The largest absolute Gasteiger partial charge is 0.326 e. The summed E-state index contributed by atoms with van der Waals surface area (Å²) in [5, 5.41) is 19.1. The molecule has 26 heavy (non-hydrogen) atoms. The van der Waals surface area contributed by atoms with E-state index >= 15 is 0 Å². The second kappa shape index (κ2) is 7.61. The number of anilines is 2. The van der Waals surface area contributed by atoms with Crippen molar-refractivity contribution in [2.75, 3.05) is 10.6 Å². The predicted molar refractivity (Wildman–Crippen MR) is 100 cm³/mol. The molecular weight excluding hydrogens is 352 g/mol. The third-order valence-corrected chi connectivity index (χ3v) is 4.59. The second-order valence-corrected chi connectivity index (χ2v) is 7.25. The summed E-state index contributed by atoms with van der Waals surface area (Å²) in [7, 11) is 0. The molecule has 0 saturated carbocycles. The van der Waals surface area contributed by atoms with Gasteiger partial charge in [0.05, 0.1) is 0 Å². The first-order chi connectivity index (χ1) is 12.4. The van der Waals surface area contributed by atoms with Crippen LogP contribution < -0.4 is 10.6 Å². The van der Waals surface area contributed by atoms with Crippen LogP contribution in [0.15, 0.2) is 24.3 Å². The maximum atomic E-state index is 12.1. The van der Waals surface area contributed by atoms with Crippen molar-refractivity contribution < 1.29 is 9.59 Å². The molecule has 0 aliphatic heterocycles. The van der Waals surface area contributed by atoms with Crippen molar-refractivity contribution >= 4 is 39.5 Å². The monoisotopic (exact) mass is 372 g/mol. The van der Waals surface area contributed by atoms with Gasteiger partial charge in [-0.2, -0.15) is 9.61 Å². The van der Waals surface area contributed by atoms with E-state index in [1.807, 2.05) is 13.8 Å². The molecule has 8 nitrogen and oxygen atoms in total. The lowest BCUT2D eigenvalue weighted by Gasteiger charge is -2.06. The van der Waals surface area contributed by atoms with Crippen molar-refractivity contribution in [3.8, 4) is 0 Å². The average Bonchev–Trinajstić information content (AvgIpc) is 3.14. The fourth-order valence-electron chi connectivity index (χ4n) is 2.42. The number of hydrogen-bond acceptors (Lipinski definition) is 6. The van der Waals surface area contributed by atoms with Crippen LogP contribution >= 0.6 is 11.3 Å². The first-order valence-electron chi connectivity index (χ1n) is 8.31. The molecule has 0 atom stereocenters. The molecule has 0 radical (unpaired) electrons. The van der Waals surface area contributed by atoms with E-state index < -0.39 is 0 Å². The van der Waals surface area contributed by atoms with E-state index in [-0.39, 0.29) is 17.7 Å². The van der Waals surface area contributed by atoms with Crippen molar-refractivity contribution in [3.05, 3.63) is 35.1 Å². The van der Waals surface area contributed by atoms with E-state index in [0.717, 1.165) is 15.8 Å². The zero-order valence-electron chi connectivity index (χ0n) is 14.8. The Labute approximate surface area is 154 Å². The summed E-state index contributed by atoms with van der Waals surface area (Å²) in [6.45, 7) is 5.53. The molecule has 2 amide bonds. The van der Waals surface area contributed by atoms with Crippen LogP contribution in [0.2, 0.25) is 0 Å². The molecule has 136 valence electrons. The molecular formula is C17H20N6O2S. The standard InChI is InChI=1S/C17H20N6O2S/c1-10(2)16-20-21-17-23(16)22-15(26-17)9-8-14(25)19-13-6-4-12(5-7-13)18-11(3)24/h4-7,10H,8-9H2,1-3H3,(H,18,24)(H,19,25). The van der Waals surface area contributed by atoms with E-state index in [2.05, 4.69) is 25.9 Å². The number of nitrogens with one attached hydrogen (secondary N) is 2. The number of benzene rings is 1. The van der Waals surface area contributed by atoms with Gasteiger partial charge in [0.15, 0.2) is 5.82 Å². The molecule has 0 unspecified atom stereocenters. The number of aryl methyl sites for hydroxylation is 1. The summed E-state index contributed by atoms with van der Waals surface area (Å²) < 4.78 is 1.75. The molecule has 3 aromatic rings. The zero-order chi connectivity index (χ0) is 18.7. The Bertz CT molecular complexity index is 929. The number of fused-ring (bicyclic) bond motifs is 1. The number of rotatable bonds is 6. The van der Waals surface area contributed by atoms with Crippen LogP contribution in [0.25, 0.3) is 4.96 Å². The average molecular weight is 372 g/mol. The van der Waals surface area contributed by atoms with Crippen molar-refractivity contribution in [3.63, 3.8) is 0 Å². The first-order valence-corrected chi connectivity index (χ1v) is 9.12. The Morgan fingerprint density at radius 1 is 1.12 bits per heavy atom. The van der Waals surface area contributed by atoms with Gasteiger partial charge in [-0.15, -0.1) is 10.2 Å². The van der Waals surface area contributed by atoms with E-state index in [0.29, 0.717) is 24.2 Å². The van der Waals surface area contributed by atoms with Gasteiger partial charge in [0.25, 0.3) is 0 Å². The third-order valence-electron chi connectivity index (χ3n) is 3.63. The van der Waals surface area contributed by atoms with Crippen LogP contribution in [0.3, 0.4) is 0 Å². The van der Waals surface area contributed by atoms with Gasteiger partial charge in [-0.1, -0.05) is 25.2 Å². The molecule has 0 fully saturated rings. The fourth-order valence-corrected chi connectivity index (χ4v) is 3.26. The summed E-state index contributed by atoms with van der Waals surface area (Å²) in [6, 6.07) is 6.99. The molecule has 3 rings (SSSR count). The Kier molecular flexibility index (Phi) is 5.27. The Morgan fingerprint density at radius 3 is 2.38 bits per heavy atom. The summed E-state index contributed by atoms with van der Waals surface area (Å²) in [6.07, 6.45) is 0.871. The first kappa shape index (κ1) is 18.0. The van der Waals surface area contributed by atoms with E-state index in [1.165, 1.54) is 18.3 Å². The lowest BCUT2D eigenvalue weighted by atomic mass is 10.2. The summed E-state index contributed by atoms with van der Waals surface area (Å²) in [5.74, 6) is 0.842. The van der Waals surface area contributed by atoms with Gasteiger partial charge in [-0.3, -0.25) is 9.59 Å². The highest BCUT2D eigenvalue weighted by molar-refractivity contribution is 7.16. The molecule has 0 spiro atoms. The van der Waals surface area contributed by atoms with Crippen molar-refractivity contribution in [2.45, 2.75) is 39.5 Å². The summed E-state index contributed by atoms with van der Waals surface area (Å²) in [4.78, 5) is 23.9. The van der Waals surface area contributed by atoms with E-state index in [9.17, 15) is 9.59 Å². The van der Waals surface area contributed by atoms with Crippen LogP contribution in [0.4, 0.5) is 11.4 Å². The minimum Gasteiger partial charge on any atom is -0.326 e. The third kappa shape index (κ3) is 4.23. The minimum atomic E-state index is -0.132. The lowest BCUT2D eigenvalue weighted by molar-refractivity contribution is -0.116. The maximum Gasteiger partial charge on any atom is 0.234 e. The number of aromatic nitrogens is 4. The number of carbonyl (C=O) groups is 2. The molecule has 2 aromatic heterocycles. The number of nitrogens with zero attached hydrogens (tertiary/aromatic N) is 4. The van der Waals surface area contributed by atoms with Gasteiger partial charge >= 0.3 is 0 Å². The van der Waals surface area contributed by atoms with Crippen molar-refractivity contribution in [1.82, 2.24) is 19.8 Å². The molecule has 9 heteroatoms. The van der Waals surface area contributed by atoms with Gasteiger partial charge in [-0.25, -0.2) is 0 Å². The quantitative estimate of drug-likeness (QED) is 0.693. The van der Waals surface area contributed by atoms with Gasteiger partial charge in [0.2, 0.25) is 16.8 Å². The van der Waals surface area contributed by atoms with Gasteiger partial charge in [0.1, 0.15) is 5.01 Å². The topological polar surface area (TPSA) is 101 Å². The van der Waals surface area contributed by atoms with Gasteiger partial charge in [0, 0.05) is 37.1 Å². The highest BCUT2D eigenvalue weighted by Crippen LogP contribution is 2.20. The maximum absolute atomic E-state index is 12.1. The fraction of sp³-hybridized carbons (Fsp3) is 0.353. The summed E-state index contributed by atoms with van der Waals surface area (Å²) >= 11 is 1.45. The molecule has 1 aromatic carbocycles. The predicted octanol–water partition coefficient (Wildman–Crippen LogP) is 2.84. The number of carbonyl (C=O) groups excluding carboxylic acids is 2. The van der Waals surface area contributed by atoms with Crippen LogP contribution in [-0.2, 0) is 16.0 Å².